The van der Waals surface area contributed by atoms with Crippen LogP contribution in [0.4, 0.5) is 15.8 Å². The molecule has 1 aliphatic heterocycles. The van der Waals surface area contributed by atoms with Crippen LogP contribution in [0.5, 0.6) is 0 Å². The molecule has 0 saturated carbocycles. The summed E-state index contributed by atoms with van der Waals surface area (Å²) < 4.78 is 14.2. The number of amides is 1. The Morgan fingerprint density at radius 3 is 2.54 bits per heavy atom. The van der Waals surface area contributed by atoms with Gasteiger partial charge in [0.15, 0.2) is 4.77 Å². The van der Waals surface area contributed by atoms with Crippen molar-refractivity contribution in [1.29, 1.82) is 0 Å². The van der Waals surface area contributed by atoms with Crippen LogP contribution in [0.25, 0.3) is 11.0 Å². The topological polar surface area (TPSA) is 63.9 Å². The van der Waals surface area contributed by atoms with Crippen LogP contribution >= 0.6 is 12.2 Å². The number of hydrogen-bond acceptors (Lipinski definition) is 3. The van der Waals surface area contributed by atoms with Crippen LogP contribution in [-0.2, 0) is 0 Å². The molecule has 1 fully saturated rings. The third kappa shape index (κ3) is 3.35. The van der Waals surface area contributed by atoms with Crippen molar-refractivity contribution < 1.29 is 9.18 Å². The van der Waals surface area contributed by atoms with E-state index in [1.54, 1.807) is 0 Å². The van der Waals surface area contributed by atoms with E-state index in [0.717, 1.165) is 18.8 Å². The summed E-state index contributed by atoms with van der Waals surface area (Å²) in [6.07, 6.45) is 3.72. The number of aromatic nitrogens is 2. The molecule has 0 bridgehead atoms. The van der Waals surface area contributed by atoms with Crippen molar-refractivity contribution in [1.82, 2.24) is 9.97 Å². The van der Waals surface area contributed by atoms with Gasteiger partial charge in [0, 0.05) is 24.5 Å². The van der Waals surface area contributed by atoms with Crippen molar-refractivity contribution in [3.8, 4) is 0 Å². The molecule has 1 aliphatic rings. The van der Waals surface area contributed by atoms with Gasteiger partial charge in [-0.1, -0.05) is 0 Å². The fourth-order valence-electron chi connectivity index (χ4n) is 3.39. The van der Waals surface area contributed by atoms with E-state index in [2.05, 4.69) is 20.2 Å². The lowest BCUT2D eigenvalue weighted by Crippen LogP contribution is -2.29. The zero-order valence-corrected chi connectivity index (χ0v) is 15.0. The van der Waals surface area contributed by atoms with Gasteiger partial charge in [-0.15, -0.1) is 0 Å². The van der Waals surface area contributed by atoms with Gasteiger partial charge in [-0.3, -0.25) is 4.79 Å². The molecule has 134 valence electrons. The summed E-state index contributed by atoms with van der Waals surface area (Å²) in [5, 5.41) is 2.82. The average Bonchev–Trinajstić information content (AvgIpc) is 3.02. The molecule has 0 unspecified atom stereocenters. The SMILES string of the molecule is O=C(Nc1ccc(N2CCCCC2)cc1)c1cc(F)cc2[nH]c(=S)[nH]c12. The maximum Gasteiger partial charge on any atom is 0.257 e. The molecule has 26 heavy (non-hydrogen) atoms. The van der Waals surface area contributed by atoms with Crippen LogP contribution in [0.2, 0.25) is 0 Å². The maximum absolute atomic E-state index is 13.8. The average molecular weight is 370 g/mol. The molecule has 3 N–H and O–H groups in total. The number of H-pyrrole nitrogens is 2. The molecular weight excluding hydrogens is 351 g/mol. The molecule has 7 heteroatoms. The third-order valence-corrected chi connectivity index (χ3v) is 4.88. The zero-order chi connectivity index (χ0) is 18.1. The second kappa shape index (κ2) is 6.92. The van der Waals surface area contributed by atoms with Crippen molar-refractivity contribution in [3.05, 3.63) is 52.5 Å². The monoisotopic (exact) mass is 370 g/mol. The highest BCUT2D eigenvalue weighted by atomic mass is 32.1. The van der Waals surface area contributed by atoms with E-state index in [0.29, 0.717) is 21.5 Å². The van der Waals surface area contributed by atoms with Crippen LogP contribution in [0.1, 0.15) is 29.6 Å². The second-order valence-corrected chi connectivity index (χ2v) is 6.91. The lowest BCUT2D eigenvalue weighted by molar-refractivity contribution is 0.102. The fourth-order valence-corrected chi connectivity index (χ4v) is 3.60. The Kier molecular flexibility index (Phi) is 4.46. The fraction of sp³-hybridized carbons (Fsp3) is 0.263. The van der Waals surface area contributed by atoms with Crippen LogP contribution in [0.3, 0.4) is 0 Å². The molecule has 0 aliphatic carbocycles. The van der Waals surface area contributed by atoms with Crippen molar-refractivity contribution in [2.24, 2.45) is 0 Å². The minimum atomic E-state index is -0.492. The standard InChI is InChI=1S/C19H19FN4OS/c20-12-10-15(17-16(11-12)22-19(26)23-17)18(25)21-13-4-6-14(7-5-13)24-8-2-1-3-9-24/h4-7,10-11H,1-3,8-9H2,(H,21,25)(H2,22,23,26). The third-order valence-electron chi connectivity index (χ3n) is 4.68. The Hall–Kier alpha value is -2.67. The summed E-state index contributed by atoms with van der Waals surface area (Å²) in [4.78, 5) is 20.7. The molecule has 0 radical (unpaired) electrons. The first-order chi connectivity index (χ1) is 12.6. The van der Waals surface area contributed by atoms with Crippen molar-refractivity contribution in [2.75, 3.05) is 23.3 Å². The number of carbonyl (C=O) groups excluding carboxylic acids is 1. The van der Waals surface area contributed by atoms with Gasteiger partial charge in [0.1, 0.15) is 5.82 Å². The number of fused-ring (bicyclic) bond motifs is 1. The van der Waals surface area contributed by atoms with E-state index in [9.17, 15) is 9.18 Å². The minimum absolute atomic E-state index is 0.215. The van der Waals surface area contributed by atoms with Gasteiger partial charge >= 0.3 is 0 Å². The van der Waals surface area contributed by atoms with E-state index in [1.807, 2.05) is 24.3 Å². The number of benzene rings is 2. The molecule has 2 aromatic carbocycles. The molecule has 4 rings (SSSR count). The molecular formula is C19H19FN4OS. The van der Waals surface area contributed by atoms with Gasteiger partial charge in [-0.2, -0.15) is 0 Å². The number of imidazole rings is 1. The van der Waals surface area contributed by atoms with Gasteiger partial charge in [-0.05, 0) is 67.9 Å². The molecule has 1 aromatic heterocycles. The van der Waals surface area contributed by atoms with Crippen molar-refractivity contribution in [2.45, 2.75) is 19.3 Å². The quantitative estimate of drug-likeness (QED) is 0.590. The number of carbonyl (C=O) groups is 1. The van der Waals surface area contributed by atoms with E-state index in [4.69, 9.17) is 12.2 Å². The van der Waals surface area contributed by atoms with E-state index < -0.39 is 5.82 Å². The molecule has 0 atom stereocenters. The summed E-state index contributed by atoms with van der Waals surface area (Å²) in [6, 6.07) is 10.3. The molecule has 3 aromatic rings. The van der Waals surface area contributed by atoms with E-state index in [1.165, 1.54) is 31.4 Å². The molecule has 5 nitrogen and oxygen atoms in total. The Morgan fingerprint density at radius 1 is 1.08 bits per heavy atom. The number of anilines is 2. The zero-order valence-electron chi connectivity index (χ0n) is 14.1. The molecule has 1 saturated heterocycles. The smallest absolute Gasteiger partial charge is 0.257 e. The normalized spacial score (nSPS) is 14.6. The number of halogens is 1. The number of nitrogens with zero attached hydrogens (tertiary/aromatic N) is 1. The Morgan fingerprint density at radius 2 is 1.81 bits per heavy atom. The lowest BCUT2D eigenvalue weighted by Gasteiger charge is -2.28. The van der Waals surface area contributed by atoms with Crippen molar-refractivity contribution >= 4 is 40.5 Å². The highest BCUT2D eigenvalue weighted by molar-refractivity contribution is 7.71. The molecule has 2 heterocycles. The predicted octanol–water partition coefficient (Wildman–Crippen LogP) is 4.61. The largest absolute Gasteiger partial charge is 0.372 e. The number of nitrogens with one attached hydrogen (secondary N) is 3. The lowest BCUT2D eigenvalue weighted by atomic mass is 10.1. The summed E-state index contributed by atoms with van der Waals surface area (Å²) in [7, 11) is 0. The van der Waals surface area contributed by atoms with Gasteiger partial charge < -0.3 is 20.2 Å². The summed E-state index contributed by atoms with van der Waals surface area (Å²) in [5.74, 6) is -0.876. The molecule has 0 spiro atoms. The first-order valence-corrected chi connectivity index (χ1v) is 9.09. The Bertz CT molecular complexity index is 1000. The first-order valence-electron chi connectivity index (χ1n) is 8.68. The van der Waals surface area contributed by atoms with Gasteiger partial charge in [-0.25, -0.2) is 4.39 Å². The highest BCUT2D eigenvalue weighted by Crippen LogP contribution is 2.23. The summed E-state index contributed by atoms with van der Waals surface area (Å²) in [6.45, 7) is 2.14. The van der Waals surface area contributed by atoms with Crippen molar-refractivity contribution in [3.63, 3.8) is 0 Å². The van der Waals surface area contributed by atoms with Crippen LogP contribution in [0, 0.1) is 10.6 Å². The number of aromatic amines is 2. The minimum Gasteiger partial charge on any atom is -0.372 e. The van der Waals surface area contributed by atoms with Crippen LogP contribution in [-0.4, -0.2) is 29.0 Å². The van der Waals surface area contributed by atoms with E-state index in [-0.39, 0.29) is 11.5 Å². The van der Waals surface area contributed by atoms with Gasteiger partial charge in [0.2, 0.25) is 0 Å². The number of hydrogen-bond donors (Lipinski definition) is 3. The second-order valence-electron chi connectivity index (χ2n) is 6.50. The van der Waals surface area contributed by atoms with Crippen LogP contribution < -0.4 is 10.2 Å². The highest BCUT2D eigenvalue weighted by Gasteiger charge is 2.15. The Labute approximate surface area is 155 Å². The summed E-state index contributed by atoms with van der Waals surface area (Å²) in [5.41, 5.74) is 3.01. The predicted molar refractivity (Wildman–Crippen MR) is 104 cm³/mol. The van der Waals surface area contributed by atoms with Gasteiger partial charge in [0.05, 0.1) is 16.6 Å². The summed E-state index contributed by atoms with van der Waals surface area (Å²) >= 11 is 5.04. The first kappa shape index (κ1) is 16.8. The van der Waals surface area contributed by atoms with Crippen LogP contribution in [0.15, 0.2) is 36.4 Å². The molecule has 1 amide bonds. The number of piperidine rings is 1. The van der Waals surface area contributed by atoms with E-state index >= 15 is 0 Å². The maximum atomic E-state index is 13.8. The number of rotatable bonds is 3. The van der Waals surface area contributed by atoms with Gasteiger partial charge in [0.25, 0.3) is 5.91 Å². The Balaban J connectivity index is 1.56.